The summed E-state index contributed by atoms with van der Waals surface area (Å²) < 4.78 is 4.51. The number of hydrogen-bond acceptors (Lipinski definition) is 4. The number of carbonyl (C=O) groups excluding carboxylic acids is 2. The van der Waals surface area contributed by atoms with Crippen molar-refractivity contribution in [2.45, 2.75) is 6.42 Å². The smallest absolute Gasteiger partial charge is 0.307 e. The Morgan fingerprint density at radius 3 is 2.88 bits per heavy atom. The Morgan fingerprint density at radius 2 is 2.29 bits per heavy atom. The van der Waals surface area contributed by atoms with Crippen molar-refractivity contribution in [3.8, 4) is 0 Å². The number of hydrogen-bond donors (Lipinski definition) is 0. The fourth-order valence-electron chi connectivity index (χ4n) is 1.14. The van der Waals surface area contributed by atoms with Crippen molar-refractivity contribution >= 4 is 29.3 Å². The summed E-state index contributed by atoms with van der Waals surface area (Å²) in [5.74, 6) is -0.436. The maximum atomic E-state index is 11.6. The largest absolute Gasteiger partial charge is 0.469 e. The van der Waals surface area contributed by atoms with Crippen molar-refractivity contribution in [3.05, 3.63) is 28.5 Å². The molecular weight excluding hydrogens is 238 g/mol. The van der Waals surface area contributed by atoms with Crippen molar-refractivity contribution in [2.75, 3.05) is 20.7 Å². The van der Waals surface area contributed by atoms with Crippen LogP contribution in [-0.4, -0.2) is 37.5 Å². The van der Waals surface area contributed by atoms with E-state index >= 15 is 0 Å². The molecule has 0 aliphatic heterocycles. The van der Waals surface area contributed by atoms with E-state index in [9.17, 15) is 9.59 Å². The van der Waals surface area contributed by atoms with Crippen molar-refractivity contribution < 1.29 is 14.3 Å². The average Bonchev–Trinajstić information content (AvgIpc) is 2.85. The maximum Gasteiger partial charge on any atom is 0.307 e. The molecule has 0 aromatic carbocycles. The van der Waals surface area contributed by atoms with E-state index in [-0.39, 0.29) is 18.3 Å². The van der Waals surface area contributed by atoms with Crippen LogP contribution >= 0.6 is 11.3 Å². The number of rotatable bonds is 5. The Hall–Kier alpha value is -1.62. The molecule has 0 atom stereocenters. The van der Waals surface area contributed by atoms with Gasteiger partial charge in [-0.15, -0.1) is 11.3 Å². The summed E-state index contributed by atoms with van der Waals surface area (Å²) in [6, 6.07) is 3.86. The zero-order valence-corrected chi connectivity index (χ0v) is 10.7. The number of carbonyl (C=O) groups is 2. The van der Waals surface area contributed by atoms with Gasteiger partial charge in [-0.2, -0.15) is 0 Å². The summed E-state index contributed by atoms with van der Waals surface area (Å²) in [5.41, 5.74) is 0. The third kappa shape index (κ3) is 4.82. The Balaban J connectivity index is 2.39. The van der Waals surface area contributed by atoms with Gasteiger partial charge in [-0.25, -0.2) is 0 Å². The van der Waals surface area contributed by atoms with E-state index in [1.807, 2.05) is 17.5 Å². The molecule has 1 aromatic heterocycles. The molecule has 1 amide bonds. The van der Waals surface area contributed by atoms with E-state index in [1.54, 1.807) is 24.5 Å². The first-order valence-electron chi connectivity index (χ1n) is 5.17. The number of methoxy groups -OCH3 is 1. The predicted molar refractivity (Wildman–Crippen MR) is 67.6 cm³/mol. The van der Waals surface area contributed by atoms with Crippen LogP contribution < -0.4 is 0 Å². The van der Waals surface area contributed by atoms with Crippen molar-refractivity contribution in [2.24, 2.45) is 0 Å². The van der Waals surface area contributed by atoms with Crippen LogP contribution in [0.2, 0.25) is 0 Å². The lowest BCUT2D eigenvalue weighted by Gasteiger charge is -2.13. The van der Waals surface area contributed by atoms with E-state index in [4.69, 9.17) is 0 Å². The summed E-state index contributed by atoms with van der Waals surface area (Å²) in [6.07, 6.45) is 3.48. The molecule has 1 rings (SSSR count). The number of thiophene rings is 1. The summed E-state index contributed by atoms with van der Waals surface area (Å²) in [5, 5.41) is 1.95. The highest BCUT2D eigenvalue weighted by Crippen LogP contribution is 2.10. The van der Waals surface area contributed by atoms with E-state index < -0.39 is 0 Å². The number of esters is 1. The van der Waals surface area contributed by atoms with E-state index in [0.29, 0.717) is 6.54 Å². The summed E-state index contributed by atoms with van der Waals surface area (Å²) in [7, 11) is 2.99. The molecule has 1 heterocycles. The first-order valence-corrected chi connectivity index (χ1v) is 6.05. The van der Waals surface area contributed by atoms with Crippen molar-refractivity contribution in [1.29, 1.82) is 0 Å². The molecule has 0 aliphatic rings. The molecule has 0 saturated heterocycles. The van der Waals surface area contributed by atoms with Crippen LogP contribution in [0.15, 0.2) is 23.6 Å². The fourth-order valence-corrected chi connectivity index (χ4v) is 1.76. The zero-order valence-electron chi connectivity index (χ0n) is 9.88. The van der Waals surface area contributed by atoms with Crippen LogP contribution in [0.4, 0.5) is 0 Å². The SMILES string of the molecule is COC(=O)CCN(C)C(=O)/C=C/c1cccs1. The van der Waals surface area contributed by atoms with Crippen LogP contribution in [0.3, 0.4) is 0 Å². The molecule has 5 heteroatoms. The lowest BCUT2D eigenvalue weighted by atomic mass is 10.3. The Bertz CT molecular complexity index is 398. The van der Waals surface area contributed by atoms with Gasteiger partial charge in [0.1, 0.15) is 0 Å². The average molecular weight is 253 g/mol. The standard InChI is InChI=1S/C12H15NO3S/c1-13(8-7-12(15)16-2)11(14)6-5-10-4-3-9-17-10/h3-6,9H,7-8H2,1-2H3/b6-5+. The summed E-state index contributed by atoms with van der Waals surface area (Å²) in [4.78, 5) is 25.1. The molecule has 92 valence electrons. The molecule has 0 saturated carbocycles. The van der Waals surface area contributed by atoms with Gasteiger partial charge in [-0.3, -0.25) is 9.59 Å². The topological polar surface area (TPSA) is 46.6 Å². The Labute approximate surface area is 104 Å². The quantitative estimate of drug-likeness (QED) is 0.593. The van der Waals surface area contributed by atoms with Gasteiger partial charge in [-0.05, 0) is 17.5 Å². The highest BCUT2D eigenvalue weighted by molar-refractivity contribution is 7.10. The molecular formula is C12H15NO3S. The van der Waals surface area contributed by atoms with Crippen LogP contribution in [0, 0.1) is 0 Å². The van der Waals surface area contributed by atoms with E-state index in [1.165, 1.54) is 18.1 Å². The first-order chi connectivity index (χ1) is 8.13. The number of likely N-dealkylation sites (N-methyl/N-ethyl adjacent to an activating group) is 1. The molecule has 0 aliphatic carbocycles. The second-order valence-corrected chi connectivity index (χ2v) is 4.41. The molecule has 0 fully saturated rings. The Morgan fingerprint density at radius 1 is 1.53 bits per heavy atom. The second-order valence-electron chi connectivity index (χ2n) is 3.43. The highest BCUT2D eigenvalue weighted by atomic mass is 32.1. The lowest BCUT2D eigenvalue weighted by Crippen LogP contribution is -2.27. The lowest BCUT2D eigenvalue weighted by molar-refractivity contribution is -0.141. The minimum absolute atomic E-state index is 0.123. The van der Waals surface area contributed by atoms with Crippen LogP contribution in [0.25, 0.3) is 6.08 Å². The summed E-state index contributed by atoms with van der Waals surface area (Å²) >= 11 is 1.57. The monoisotopic (exact) mass is 253 g/mol. The summed E-state index contributed by atoms with van der Waals surface area (Å²) in [6.45, 7) is 0.361. The number of amides is 1. The maximum absolute atomic E-state index is 11.6. The van der Waals surface area contributed by atoms with Gasteiger partial charge in [0.15, 0.2) is 0 Å². The molecule has 0 radical (unpaired) electrons. The van der Waals surface area contributed by atoms with Gasteiger partial charge < -0.3 is 9.64 Å². The predicted octanol–water partition coefficient (Wildman–Crippen LogP) is 1.78. The molecule has 0 N–H and O–H groups in total. The van der Waals surface area contributed by atoms with Gasteiger partial charge in [0.05, 0.1) is 13.5 Å². The van der Waals surface area contributed by atoms with Crippen LogP contribution in [-0.2, 0) is 14.3 Å². The third-order valence-corrected chi connectivity index (χ3v) is 3.03. The number of nitrogens with zero attached hydrogens (tertiary/aromatic N) is 1. The second kappa shape index (κ2) is 6.85. The van der Waals surface area contributed by atoms with Crippen LogP contribution in [0.5, 0.6) is 0 Å². The van der Waals surface area contributed by atoms with Crippen LogP contribution in [0.1, 0.15) is 11.3 Å². The van der Waals surface area contributed by atoms with Crippen molar-refractivity contribution in [1.82, 2.24) is 4.90 Å². The third-order valence-electron chi connectivity index (χ3n) is 2.19. The molecule has 0 bridgehead atoms. The highest BCUT2D eigenvalue weighted by Gasteiger charge is 2.07. The van der Waals surface area contributed by atoms with E-state index in [2.05, 4.69) is 4.74 Å². The first kappa shape index (κ1) is 13.4. The molecule has 0 spiro atoms. The minimum Gasteiger partial charge on any atom is -0.469 e. The number of ether oxygens (including phenoxy) is 1. The molecule has 0 unspecified atom stereocenters. The van der Waals surface area contributed by atoms with Gasteiger partial charge in [0.2, 0.25) is 5.91 Å². The van der Waals surface area contributed by atoms with Gasteiger partial charge in [0, 0.05) is 24.5 Å². The van der Waals surface area contributed by atoms with E-state index in [0.717, 1.165) is 4.88 Å². The van der Waals surface area contributed by atoms with Crippen molar-refractivity contribution in [3.63, 3.8) is 0 Å². The Kier molecular flexibility index (Phi) is 5.42. The molecule has 4 nitrogen and oxygen atoms in total. The molecule has 1 aromatic rings. The minimum atomic E-state index is -0.313. The van der Waals surface area contributed by atoms with Gasteiger partial charge in [-0.1, -0.05) is 6.07 Å². The zero-order chi connectivity index (χ0) is 12.7. The van der Waals surface area contributed by atoms with Gasteiger partial charge in [0.25, 0.3) is 0 Å². The van der Waals surface area contributed by atoms with Gasteiger partial charge >= 0.3 is 5.97 Å². The normalized spacial score (nSPS) is 10.5. The molecule has 17 heavy (non-hydrogen) atoms. The fraction of sp³-hybridized carbons (Fsp3) is 0.333.